The van der Waals surface area contributed by atoms with Crippen molar-refractivity contribution in [2.75, 3.05) is 19.6 Å². The van der Waals surface area contributed by atoms with Gasteiger partial charge in [-0.2, -0.15) is 0 Å². The van der Waals surface area contributed by atoms with Crippen LogP contribution >= 0.6 is 11.6 Å². The van der Waals surface area contributed by atoms with Crippen molar-refractivity contribution < 1.29 is 5.11 Å². The highest BCUT2D eigenvalue weighted by molar-refractivity contribution is 6.32. The molecule has 1 aliphatic heterocycles. The van der Waals surface area contributed by atoms with Crippen LogP contribution in [0.5, 0.6) is 5.75 Å². The molecule has 1 aliphatic rings. The summed E-state index contributed by atoms with van der Waals surface area (Å²) >= 11 is 6.09. The van der Waals surface area contributed by atoms with Gasteiger partial charge in [-0.1, -0.05) is 30.7 Å². The largest absolute Gasteiger partial charge is 0.506 e. The summed E-state index contributed by atoms with van der Waals surface area (Å²) in [4.78, 5) is 2.52. The summed E-state index contributed by atoms with van der Waals surface area (Å²) in [7, 11) is 0. The quantitative estimate of drug-likeness (QED) is 0.871. The fourth-order valence-corrected chi connectivity index (χ4v) is 2.89. The average Bonchev–Trinajstić information content (AvgIpc) is 2.41. The van der Waals surface area contributed by atoms with Gasteiger partial charge in [0.2, 0.25) is 0 Å². The monoisotopic (exact) mass is 282 g/mol. The van der Waals surface area contributed by atoms with E-state index in [1.807, 2.05) is 12.1 Å². The second-order valence-electron chi connectivity index (χ2n) is 5.27. The number of halogens is 1. The number of rotatable bonds is 5. The van der Waals surface area contributed by atoms with Gasteiger partial charge in [-0.3, -0.25) is 0 Å². The lowest BCUT2D eigenvalue weighted by atomic mass is 10.0. The second-order valence-corrected chi connectivity index (χ2v) is 5.65. The Kier molecular flexibility index (Phi) is 5.49. The van der Waals surface area contributed by atoms with Gasteiger partial charge < -0.3 is 15.3 Å². The van der Waals surface area contributed by atoms with Gasteiger partial charge in [0, 0.05) is 19.1 Å². The number of likely N-dealkylation sites (tertiary alicyclic amines) is 1. The molecular formula is C15H23ClN2O. The van der Waals surface area contributed by atoms with Gasteiger partial charge in [-0.25, -0.2) is 0 Å². The van der Waals surface area contributed by atoms with Gasteiger partial charge in [0.05, 0.1) is 5.02 Å². The lowest BCUT2D eigenvalue weighted by Crippen LogP contribution is -2.45. The fraction of sp³-hybridized carbons (Fsp3) is 0.600. The maximum absolute atomic E-state index is 9.58. The third-order valence-electron chi connectivity index (χ3n) is 3.68. The van der Waals surface area contributed by atoms with Crippen LogP contribution in [-0.2, 0) is 6.54 Å². The Morgan fingerprint density at radius 2 is 2.32 bits per heavy atom. The van der Waals surface area contributed by atoms with Gasteiger partial charge in [0.1, 0.15) is 5.75 Å². The Bertz CT molecular complexity index is 409. The zero-order chi connectivity index (χ0) is 13.7. The Morgan fingerprint density at radius 3 is 3.11 bits per heavy atom. The van der Waals surface area contributed by atoms with Crippen molar-refractivity contribution in [2.24, 2.45) is 0 Å². The molecule has 0 aliphatic carbocycles. The first-order valence-corrected chi connectivity index (χ1v) is 7.50. The summed E-state index contributed by atoms with van der Waals surface area (Å²) in [5.74, 6) is 0.164. The number of nitrogens with zero attached hydrogens (tertiary/aromatic N) is 1. The van der Waals surface area contributed by atoms with Crippen molar-refractivity contribution in [1.82, 2.24) is 10.2 Å². The number of phenols is 1. The highest BCUT2D eigenvalue weighted by Gasteiger charge is 2.18. The van der Waals surface area contributed by atoms with E-state index in [1.165, 1.54) is 32.4 Å². The lowest BCUT2D eigenvalue weighted by molar-refractivity contribution is 0.190. The molecule has 19 heavy (non-hydrogen) atoms. The molecule has 106 valence electrons. The molecule has 0 saturated carbocycles. The van der Waals surface area contributed by atoms with E-state index in [0.717, 1.165) is 18.7 Å². The number of piperidine rings is 1. The summed E-state index contributed by atoms with van der Waals surface area (Å²) in [6, 6.07) is 5.94. The van der Waals surface area contributed by atoms with E-state index in [9.17, 15) is 5.11 Å². The molecule has 0 amide bonds. The number of phenolic OH excluding ortho intramolecular Hbond substituents is 1. The number of hydrogen-bond acceptors (Lipinski definition) is 3. The van der Waals surface area contributed by atoms with E-state index in [-0.39, 0.29) is 5.75 Å². The van der Waals surface area contributed by atoms with Crippen LogP contribution in [0.4, 0.5) is 0 Å². The highest BCUT2D eigenvalue weighted by atomic mass is 35.5. The first-order valence-electron chi connectivity index (χ1n) is 7.12. The number of hydrogen-bond donors (Lipinski definition) is 2. The van der Waals surface area contributed by atoms with Crippen molar-refractivity contribution >= 4 is 11.6 Å². The maximum atomic E-state index is 9.58. The van der Waals surface area contributed by atoms with Crippen molar-refractivity contribution in [3.63, 3.8) is 0 Å². The van der Waals surface area contributed by atoms with Gasteiger partial charge >= 0.3 is 0 Å². The Morgan fingerprint density at radius 1 is 1.47 bits per heavy atom. The van der Waals surface area contributed by atoms with Gasteiger partial charge in [-0.05, 0) is 44.0 Å². The van der Waals surface area contributed by atoms with Crippen molar-refractivity contribution in [2.45, 2.75) is 38.8 Å². The van der Waals surface area contributed by atoms with E-state index in [0.29, 0.717) is 11.1 Å². The maximum Gasteiger partial charge on any atom is 0.134 e. The third kappa shape index (κ3) is 4.10. The molecule has 0 bridgehead atoms. The van der Waals surface area contributed by atoms with Crippen LogP contribution in [0.1, 0.15) is 31.7 Å². The smallest absolute Gasteiger partial charge is 0.134 e. The van der Waals surface area contributed by atoms with Crippen molar-refractivity contribution in [3.05, 3.63) is 28.8 Å². The Hall–Kier alpha value is -0.770. The molecule has 0 aromatic heterocycles. The van der Waals surface area contributed by atoms with Gasteiger partial charge in [0.25, 0.3) is 0 Å². The summed E-state index contributed by atoms with van der Waals surface area (Å²) in [6.07, 6.45) is 3.69. The van der Waals surface area contributed by atoms with Crippen molar-refractivity contribution in [3.8, 4) is 5.75 Å². The molecule has 1 aromatic carbocycles. The molecule has 1 heterocycles. The van der Waals surface area contributed by atoms with Crippen LogP contribution in [0.2, 0.25) is 5.02 Å². The summed E-state index contributed by atoms with van der Waals surface area (Å²) in [6.45, 7) is 6.47. The van der Waals surface area contributed by atoms with Gasteiger partial charge in [-0.15, -0.1) is 0 Å². The third-order valence-corrected chi connectivity index (χ3v) is 4.12. The van der Waals surface area contributed by atoms with Crippen molar-refractivity contribution in [1.29, 1.82) is 0 Å². The van der Waals surface area contributed by atoms with E-state index >= 15 is 0 Å². The van der Waals surface area contributed by atoms with Crippen LogP contribution < -0.4 is 5.32 Å². The molecule has 0 radical (unpaired) electrons. The summed E-state index contributed by atoms with van der Waals surface area (Å²) in [5.41, 5.74) is 0.967. The Balaban J connectivity index is 1.86. The van der Waals surface area contributed by atoms with Gasteiger partial charge in [0.15, 0.2) is 0 Å². The van der Waals surface area contributed by atoms with Crippen LogP contribution in [0, 0.1) is 0 Å². The molecule has 1 aromatic rings. The minimum Gasteiger partial charge on any atom is -0.506 e. The van der Waals surface area contributed by atoms with E-state index in [2.05, 4.69) is 17.1 Å². The molecule has 3 nitrogen and oxygen atoms in total. The molecule has 0 spiro atoms. The standard InChI is InChI=1S/C15H23ClN2O/c1-2-8-18-9-4-6-13(11-18)17-10-12-5-3-7-14(19)15(12)16/h3,5,7,13,17,19H,2,4,6,8-11H2,1H3. The lowest BCUT2D eigenvalue weighted by Gasteiger charge is -2.33. The first kappa shape index (κ1) is 14.6. The fourth-order valence-electron chi connectivity index (χ4n) is 2.70. The molecule has 2 rings (SSSR count). The van der Waals surface area contributed by atoms with Crippen LogP contribution in [-0.4, -0.2) is 35.7 Å². The number of benzene rings is 1. The molecular weight excluding hydrogens is 260 g/mol. The van der Waals surface area contributed by atoms with Crippen LogP contribution in [0.15, 0.2) is 18.2 Å². The molecule has 1 atom stereocenters. The summed E-state index contributed by atoms with van der Waals surface area (Å²) < 4.78 is 0. The minimum absolute atomic E-state index is 0.164. The zero-order valence-electron chi connectivity index (χ0n) is 11.5. The van der Waals surface area contributed by atoms with E-state index < -0.39 is 0 Å². The van der Waals surface area contributed by atoms with E-state index in [1.54, 1.807) is 6.07 Å². The Labute approximate surface area is 120 Å². The molecule has 1 fully saturated rings. The molecule has 1 unspecified atom stereocenters. The second kappa shape index (κ2) is 7.13. The zero-order valence-corrected chi connectivity index (χ0v) is 12.3. The molecule has 4 heteroatoms. The first-order chi connectivity index (χ1) is 9.20. The number of aromatic hydroxyl groups is 1. The summed E-state index contributed by atoms with van der Waals surface area (Å²) in [5, 5.41) is 13.6. The highest BCUT2D eigenvalue weighted by Crippen LogP contribution is 2.26. The van der Waals surface area contributed by atoms with Crippen LogP contribution in [0.25, 0.3) is 0 Å². The normalized spacial score (nSPS) is 20.6. The van der Waals surface area contributed by atoms with E-state index in [4.69, 9.17) is 11.6 Å². The molecule has 2 N–H and O–H groups in total. The van der Waals surface area contributed by atoms with Crippen LogP contribution in [0.3, 0.4) is 0 Å². The average molecular weight is 283 g/mol. The topological polar surface area (TPSA) is 35.5 Å². The predicted molar refractivity (Wildman–Crippen MR) is 79.7 cm³/mol. The predicted octanol–water partition coefficient (Wildman–Crippen LogP) is 3.01. The minimum atomic E-state index is 0.164. The molecule has 1 saturated heterocycles. The number of nitrogens with one attached hydrogen (secondary N) is 1. The SMILES string of the molecule is CCCN1CCCC(NCc2cccc(O)c2Cl)C1.